The summed E-state index contributed by atoms with van der Waals surface area (Å²) in [7, 11) is 0. The normalized spacial score (nSPS) is 19.5. The van der Waals surface area contributed by atoms with E-state index in [1.165, 1.54) is 25.7 Å². The Labute approximate surface area is 101 Å². The molecule has 0 bridgehead atoms. The van der Waals surface area contributed by atoms with Crippen molar-refractivity contribution in [3.05, 3.63) is 0 Å². The van der Waals surface area contributed by atoms with E-state index < -0.39 is 0 Å². The van der Waals surface area contributed by atoms with Crippen molar-refractivity contribution in [2.24, 2.45) is 5.41 Å². The molecule has 0 atom stereocenters. The summed E-state index contributed by atoms with van der Waals surface area (Å²) in [5.41, 5.74) is 0.625. The van der Waals surface area contributed by atoms with Gasteiger partial charge in [-0.25, -0.2) is 0 Å². The summed E-state index contributed by atoms with van der Waals surface area (Å²) < 4.78 is 6.15. The molecule has 1 saturated carbocycles. The van der Waals surface area contributed by atoms with Gasteiger partial charge in [-0.1, -0.05) is 27.7 Å². The van der Waals surface area contributed by atoms with E-state index in [-0.39, 0.29) is 5.60 Å². The molecule has 0 aromatic rings. The van der Waals surface area contributed by atoms with E-state index >= 15 is 0 Å². The monoisotopic (exact) mass is 227 g/mol. The van der Waals surface area contributed by atoms with Crippen LogP contribution in [0.5, 0.6) is 0 Å². The highest BCUT2D eigenvalue weighted by atomic mass is 16.5. The average molecular weight is 227 g/mol. The molecule has 0 amide bonds. The van der Waals surface area contributed by atoms with Gasteiger partial charge in [0.05, 0.1) is 5.60 Å². The molecule has 0 radical (unpaired) electrons. The smallest absolute Gasteiger partial charge is 0.0694 e. The lowest BCUT2D eigenvalue weighted by atomic mass is 9.77. The Bertz CT molecular complexity index is 191. The Morgan fingerprint density at radius 2 is 1.94 bits per heavy atom. The molecule has 0 unspecified atom stereocenters. The fourth-order valence-electron chi connectivity index (χ4n) is 2.10. The molecule has 16 heavy (non-hydrogen) atoms. The second kappa shape index (κ2) is 6.02. The summed E-state index contributed by atoms with van der Waals surface area (Å²) >= 11 is 0. The first-order chi connectivity index (χ1) is 7.47. The zero-order chi connectivity index (χ0) is 12.1. The maximum absolute atomic E-state index is 6.15. The van der Waals surface area contributed by atoms with Crippen molar-refractivity contribution in [1.29, 1.82) is 0 Å². The van der Waals surface area contributed by atoms with Crippen LogP contribution in [0.1, 0.15) is 59.8 Å². The van der Waals surface area contributed by atoms with E-state index in [4.69, 9.17) is 4.74 Å². The van der Waals surface area contributed by atoms with Crippen LogP contribution in [-0.4, -0.2) is 25.3 Å². The van der Waals surface area contributed by atoms with Crippen molar-refractivity contribution >= 4 is 0 Å². The summed E-state index contributed by atoms with van der Waals surface area (Å²) in [6.45, 7) is 12.1. The third-order valence-electron chi connectivity index (χ3n) is 3.53. The molecule has 0 aromatic carbocycles. The minimum Gasteiger partial charge on any atom is -0.375 e. The average Bonchev–Trinajstić information content (AvgIpc) is 2.11. The standard InChI is InChI=1S/C14H29NO/c1-5-15-11-9-14(7-6-8-14)16-12-10-13(2,3)4/h15H,5-12H2,1-4H3. The lowest BCUT2D eigenvalue weighted by Crippen LogP contribution is -2.43. The molecule has 2 nitrogen and oxygen atoms in total. The third-order valence-corrected chi connectivity index (χ3v) is 3.53. The van der Waals surface area contributed by atoms with Gasteiger partial charge in [0.15, 0.2) is 0 Å². The number of ether oxygens (including phenoxy) is 1. The zero-order valence-corrected chi connectivity index (χ0v) is 11.6. The topological polar surface area (TPSA) is 21.3 Å². The van der Waals surface area contributed by atoms with Crippen molar-refractivity contribution in [2.45, 2.75) is 65.4 Å². The van der Waals surface area contributed by atoms with Gasteiger partial charge >= 0.3 is 0 Å². The maximum Gasteiger partial charge on any atom is 0.0694 e. The van der Waals surface area contributed by atoms with Crippen LogP contribution in [-0.2, 0) is 4.74 Å². The lowest BCUT2D eigenvalue weighted by Gasteiger charge is -2.42. The molecular weight excluding hydrogens is 198 g/mol. The van der Waals surface area contributed by atoms with Crippen LogP contribution in [0.3, 0.4) is 0 Å². The van der Waals surface area contributed by atoms with Gasteiger partial charge in [0.1, 0.15) is 0 Å². The molecule has 1 fully saturated rings. The van der Waals surface area contributed by atoms with E-state index in [9.17, 15) is 0 Å². The molecule has 1 N–H and O–H groups in total. The Hall–Kier alpha value is -0.0800. The van der Waals surface area contributed by atoms with E-state index in [0.717, 1.165) is 26.1 Å². The number of nitrogens with one attached hydrogen (secondary N) is 1. The van der Waals surface area contributed by atoms with Crippen LogP contribution in [0, 0.1) is 5.41 Å². The zero-order valence-electron chi connectivity index (χ0n) is 11.6. The van der Waals surface area contributed by atoms with Gasteiger partial charge in [0, 0.05) is 6.61 Å². The van der Waals surface area contributed by atoms with Crippen molar-refractivity contribution in [1.82, 2.24) is 5.32 Å². The van der Waals surface area contributed by atoms with Gasteiger partial charge in [0.2, 0.25) is 0 Å². The quantitative estimate of drug-likeness (QED) is 0.673. The highest BCUT2D eigenvalue weighted by Crippen LogP contribution is 2.38. The minimum atomic E-state index is 0.230. The summed E-state index contributed by atoms with van der Waals surface area (Å²) in [5.74, 6) is 0. The predicted molar refractivity (Wildman–Crippen MR) is 69.8 cm³/mol. The van der Waals surface area contributed by atoms with Crippen LogP contribution < -0.4 is 5.32 Å². The van der Waals surface area contributed by atoms with Crippen LogP contribution >= 0.6 is 0 Å². The first-order valence-corrected chi connectivity index (χ1v) is 6.82. The Morgan fingerprint density at radius 3 is 2.38 bits per heavy atom. The fraction of sp³-hybridized carbons (Fsp3) is 1.00. The van der Waals surface area contributed by atoms with Gasteiger partial charge in [0.25, 0.3) is 0 Å². The molecule has 1 aliphatic carbocycles. The molecule has 0 heterocycles. The summed E-state index contributed by atoms with van der Waals surface area (Å²) in [6, 6.07) is 0. The molecule has 0 saturated heterocycles. The molecule has 0 spiro atoms. The number of hydrogen-bond donors (Lipinski definition) is 1. The first kappa shape index (κ1) is 14.0. The highest BCUT2D eigenvalue weighted by molar-refractivity contribution is 4.90. The van der Waals surface area contributed by atoms with Crippen molar-refractivity contribution in [2.75, 3.05) is 19.7 Å². The number of rotatable bonds is 7. The lowest BCUT2D eigenvalue weighted by molar-refractivity contribution is -0.109. The van der Waals surface area contributed by atoms with Crippen LogP contribution in [0.25, 0.3) is 0 Å². The van der Waals surface area contributed by atoms with Gasteiger partial charge in [-0.3, -0.25) is 0 Å². The summed E-state index contributed by atoms with van der Waals surface area (Å²) in [6.07, 6.45) is 6.23. The Kier molecular flexibility index (Phi) is 5.26. The second-order valence-electron chi connectivity index (χ2n) is 6.30. The van der Waals surface area contributed by atoms with Gasteiger partial charge in [-0.15, -0.1) is 0 Å². The van der Waals surface area contributed by atoms with Gasteiger partial charge < -0.3 is 10.1 Å². The van der Waals surface area contributed by atoms with E-state index in [2.05, 4.69) is 33.0 Å². The predicted octanol–water partition coefficient (Wildman–Crippen LogP) is 3.36. The molecule has 1 aliphatic rings. The highest BCUT2D eigenvalue weighted by Gasteiger charge is 2.37. The second-order valence-corrected chi connectivity index (χ2v) is 6.30. The van der Waals surface area contributed by atoms with Gasteiger partial charge in [-0.2, -0.15) is 0 Å². The maximum atomic E-state index is 6.15. The largest absolute Gasteiger partial charge is 0.375 e. The van der Waals surface area contributed by atoms with Crippen molar-refractivity contribution in [3.63, 3.8) is 0 Å². The van der Waals surface area contributed by atoms with E-state index in [0.29, 0.717) is 5.41 Å². The third kappa shape index (κ3) is 4.84. The molecule has 0 aliphatic heterocycles. The first-order valence-electron chi connectivity index (χ1n) is 6.82. The SMILES string of the molecule is CCNCCC1(OCCC(C)(C)C)CCC1. The van der Waals surface area contributed by atoms with E-state index in [1.54, 1.807) is 0 Å². The van der Waals surface area contributed by atoms with Crippen molar-refractivity contribution < 1.29 is 4.74 Å². The van der Waals surface area contributed by atoms with Gasteiger partial charge in [-0.05, 0) is 50.6 Å². The molecule has 2 heteroatoms. The van der Waals surface area contributed by atoms with Crippen LogP contribution in [0.2, 0.25) is 0 Å². The molecular formula is C14H29NO. The Balaban J connectivity index is 2.20. The Morgan fingerprint density at radius 1 is 1.25 bits per heavy atom. The summed E-state index contributed by atoms with van der Waals surface area (Å²) in [4.78, 5) is 0. The number of hydrogen-bond acceptors (Lipinski definition) is 2. The molecule has 96 valence electrons. The van der Waals surface area contributed by atoms with E-state index in [1.807, 2.05) is 0 Å². The minimum absolute atomic E-state index is 0.230. The van der Waals surface area contributed by atoms with Crippen LogP contribution in [0.15, 0.2) is 0 Å². The summed E-state index contributed by atoms with van der Waals surface area (Å²) in [5, 5.41) is 3.40. The van der Waals surface area contributed by atoms with Crippen molar-refractivity contribution in [3.8, 4) is 0 Å². The van der Waals surface area contributed by atoms with Crippen LogP contribution in [0.4, 0.5) is 0 Å². The molecule has 0 aromatic heterocycles. The molecule has 1 rings (SSSR count). The fourth-order valence-corrected chi connectivity index (χ4v) is 2.10.